The number of esters is 1. The molecule has 4 rings (SSSR count). The number of thiophene rings is 2. The highest BCUT2D eigenvalue weighted by atomic mass is 32.2. The normalized spacial score (nSPS) is 16.0. The van der Waals surface area contributed by atoms with Crippen LogP contribution in [0, 0.1) is 5.92 Å². The van der Waals surface area contributed by atoms with E-state index in [1.807, 2.05) is 0 Å². The highest BCUT2D eigenvalue weighted by molar-refractivity contribution is 7.91. The van der Waals surface area contributed by atoms with Crippen LogP contribution in [0.15, 0.2) is 27.2 Å². The van der Waals surface area contributed by atoms with Gasteiger partial charge in [0.2, 0.25) is 15.7 Å². The Morgan fingerprint density at radius 1 is 1.35 bits per heavy atom. The molecule has 3 aromatic rings. The molecule has 1 atom stereocenters. The van der Waals surface area contributed by atoms with Gasteiger partial charge in [0.25, 0.3) is 5.89 Å². The van der Waals surface area contributed by atoms with Crippen LogP contribution < -0.4 is 5.32 Å². The molecule has 9 nitrogen and oxygen atoms in total. The lowest BCUT2D eigenvalue weighted by Crippen LogP contribution is -2.24. The number of rotatable bonds is 6. The Morgan fingerprint density at radius 2 is 2.16 bits per heavy atom. The Morgan fingerprint density at radius 3 is 2.87 bits per heavy atom. The Labute approximate surface area is 186 Å². The average Bonchev–Trinajstić information content (AvgIpc) is 3.45. The molecule has 1 aliphatic carbocycles. The van der Waals surface area contributed by atoms with Crippen molar-refractivity contribution in [2.45, 2.75) is 31.4 Å². The van der Waals surface area contributed by atoms with Crippen molar-refractivity contribution in [3.63, 3.8) is 0 Å². The Bertz CT molecular complexity index is 1230. The SMILES string of the molecule is COC(=O)c1c(NC(=O)CS(=O)(=O)c2nnc(-c3cccs3)o2)sc2c1CCC(C)C2. The number of amides is 1. The first-order chi connectivity index (χ1) is 14.8. The lowest BCUT2D eigenvalue weighted by atomic mass is 9.88. The number of fused-ring (bicyclic) bond motifs is 1. The van der Waals surface area contributed by atoms with Crippen LogP contribution in [0.3, 0.4) is 0 Å². The molecule has 0 radical (unpaired) electrons. The predicted molar refractivity (Wildman–Crippen MR) is 115 cm³/mol. The van der Waals surface area contributed by atoms with Crippen molar-refractivity contribution in [1.82, 2.24) is 10.2 Å². The van der Waals surface area contributed by atoms with Crippen LogP contribution in [0.4, 0.5) is 5.00 Å². The molecule has 3 heterocycles. The van der Waals surface area contributed by atoms with Gasteiger partial charge in [0.05, 0.1) is 17.6 Å². The molecule has 1 amide bonds. The minimum absolute atomic E-state index is 0.0713. The summed E-state index contributed by atoms with van der Waals surface area (Å²) in [5.41, 5.74) is 1.17. The zero-order chi connectivity index (χ0) is 22.2. The number of methoxy groups -OCH3 is 1. The van der Waals surface area contributed by atoms with E-state index < -0.39 is 32.7 Å². The van der Waals surface area contributed by atoms with E-state index in [1.165, 1.54) is 29.8 Å². The first-order valence-corrected chi connectivity index (χ1v) is 12.8. The third kappa shape index (κ3) is 4.41. The summed E-state index contributed by atoms with van der Waals surface area (Å²) in [6, 6.07) is 3.49. The van der Waals surface area contributed by atoms with Gasteiger partial charge in [-0.25, -0.2) is 13.2 Å². The first-order valence-electron chi connectivity index (χ1n) is 9.41. The molecular weight excluding hydrogens is 462 g/mol. The van der Waals surface area contributed by atoms with Crippen molar-refractivity contribution in [1.29, 1.82) is 0 Å². The molecule has 0 saturated carbocycles. The third-order valence-electron chi connectivity index (χ3n) is 4.88. The van der Waals surface area contributed by atoms with Crippen molar-refractivity contribution in [2.24, 2.45) is 5.92 Å². The molecule has 0 aliphatic heterocycles. The van der Waals surface area contributed by atoms with Gasteiger partial charge in [-0.05, 0) is 42.2 Å². The van der Waals surface area contributed by atoms with E-state index in [0.29, 0.717) is 27.8 Å². The number of hydrogen-bond donors (Lipinski definition) is 1. The summed E-state index contributed by atoms with van der Waals surface area (Å²) >= 11 is 2.61. The maximum absolute atomic E-state index is 12.6. The average molecular weight is 482 g/mol. The maximum Gasteiger partial charge on any atom is 0.341 e. The van der Waals surface area contributed by atoms with Crippen molar-refractivity contribution in [3.05, 3.63) is 33.5 Å². The van der Waals surface area contributed by atoms with E-state index in [4.69, 9.17) is 9.15 Å². The van der Waals surface area contributed by atoms with E-state index in [2.05, 4.69) is 22.4 Å². The number of aromatic nitrogens is 2. The standard InChI is InChI=1S/C19H19N3O6S3/c1-10-5-6-11-13(8-10)30-17(15(11)18(24)27-2)20-14(23)9-31(25,26)19-22-21-16(28-19)12-4-3-7-29-12/h3-4,7,10H,5-6,8-9H2,1-2H3,(H,20,23). The number of carbonyl (C=O) groups is 2. The molecule has 31 heavy (non-hydrogen) atoms. The van der Waals surface area contributed by atoms with Crippen LogP contribution >= 0.6 is 22.7 Å². The van der Waals surface area contributed by atoms with Gasteiger partial charge in [0.15, 0.2) is 0 Å². The van der Waals surface area contributed by atoms with Gasteiger partial charge < -0.3 is 14.5 Å². The Balaban J connectivity index is 1.54. The topological polar surface area (TPSA) is 128 Å². The highest BCUT2D eigenvalue weighted by Gasteiger charge is 2.31. The van der Waals surface area contributed by atoms with Crippen LogP contribution in [-0.2, 0) is 32.2 Å². The number of ether oxygens (including phenoxy) is 1. The fourth-order valence-electron chi connectivity index (χ4n) is 3.39. The minimum atomic E-state index is -4.16. The van der Waals surface area contributed by atoms with Crippen LogP contribution in [0.5, 0.6) is 0 Å². The van der Waals surface area contributed by atoms with E-state index in [9.17, 15) is 18.0 Å². The number of nitrogens with zero attached hydrogens (tertiary/aromatic N) is 2. The fraction of sp³-hybridized carbons (Fsp3) is 0.368. The first kappa shape index (κ1) is 21.7. The molecule has 0 bridgehead atoms. The highest BCUT2D eigenvalue weighted by Crippen LogP contribution is 2.40. The molecular formula is C19H19N3O6S3. The molecule has 0 spiro atoms. The van der Waals surface area contributed by atoms with E-state index in [-0.39, 0.29) is 5.89 Å². The number of nitrogens with one attached hydrogen (secondary N) is 1. The van der Waals surface area contributed by atoms with Crippen LogP contribution in [-0.4, -0.2) is 43.4 Å². The summed E-state index contributed by atoms with van der Waals surface area (Å²) in [5, 5.41) is 11.4. The predicted octanol–water partition coefficient (Wildman–Crippen LogP) is 3.18. The minimum Gasteiger partial charge on any atom is -0.465 e. The van der Waals surface area contributed by atoms with Crippen molar-refractivity contribution in [3.8, 4) is 10.8 Å². The summed E-state index contributed by atoms with van der Waals surface area (Å²) in [6.45, 7) is 2.13. The molecule has 0 fully saturated rings. The number of hydrogen-bond acceptors (Lipinski definition) is 10. The van der Waals surface area contributed by atoms with E-state index >= 15 is 0 Å². The Hall–Kier alpha value is -2.57. The summed E-state index contributed by atoms with van der Waals surface area (Å²) < 4.78 is 35.3. The monoisotopic (exact) mass is 481 g/mol. The van der Waals surface area contributed by atoms with Crippen molar-refractivity contribution >= 4 is 49.4 Å². The fourth-order valence-corrected chi connectivity index (χ4v) is 6.36. The van der Waals surface area contributed by atoms with Gasteiger partial charge >= 0.3 is 11.2 Å². The summed E-state index contributed by atoms with van der Waals surface area (Å²) in [4.78, 5) is 26.5. The molecule has 0 saturated heterocycles. The van der Waals surface area contributed by atoms with Crippen molar-refractivity contribution < 1.29 is 27.2 Å². The number of carbonyl (C=O) groups excluding carboxylic acids is 2. The maximum atomic E-state index is 12.6. The molecule has 1 N–H and O–H groups in total. The zero-order valence-electron chi connectivity index (χ0n) is 16.7. The summed E-state index contributed by atoms with van der Waals surface area (Å²) in [7, 11) is -2.89. The van der Waals surface area contributed by atoms with Gasteiger partial charge in [-0.15, -0.1) is 27.8 Å². The van der Waals surface area contributed by atoms with Crippen LogP contribution in [0.2, 0.25) is 0 Å². The van der Waals surface area contributed by atoms with Gasteiger partial charge in [-0.3, -0.25) is 4.79 Å². The second-order valence-electron chi connectivity index (χ2n) is 7.21. The molecule has 1 aliphatic rings. The Kier molecular flexibility index (Phi) is 5.95. The molecule has 0 aromatic carbocycles. The quantitative estimate of drug-likeness (QED) is 0.532. The van der Waals surface area contributed by atoms with Crippen molar-refractivity contribution in [2.75, 3.05) is 18.2 Å². The molecule has 1 unspecified atom stereocenters. The van der Waals surface area contributed by atoms with E-state index in [1.54, 1.807) is 17.5 Å². The lowest BCUT2D eigenvalue weighted by molar-refractivity contribution is -0.113. The summed E-state index contributed by atoms with van der Waals surface area (Å²) in [5.74, 6) is -1.70. The van der Waals surface area contributed by atoms with E-state index in [0.717, 1.165) is 23.3 Å². The third-order valence-corrected chi connectivity index (χ3v) is 8.25. The zero-order valence-corrected chi connectivity index (χ0v) is 19.2. The number of anilines is 1. The summed E-state index contributed by atoms with van der Waals surface area (Å²) in [6.07, 6.45) is 2.43. The lowest BCUT2D eigenvalue weighted by Gasteiger charge is -2.18. The van der Waals surface area contributed by atoms with Crippen LogP contribution in [0.1, 0.15) is 34.1 Å². The van der Waals surface area contributed by atoms with Gasteiger partial charge in [0.1, 0.15) is 10.8 Å². The largest absolute Gasteiger partial charge is 0.465 e. The van der Waals surface area contributed by atoms with Gasteiger partial charge in [-0.1, -0.05) is 18.1 Å². The van der Waals surface area contributed by atoms with Crippen LogP contribution in [0.25, 0.3) is 10.8 Å². The molecule has 164 valence electrons. The second-order valence-corrected chi connectivity index (χ2v) is 11.1. The molecule has 3 aromatic heterocycles. The number of sulfone groups is 1. The smallest absolute Gasteiger partial charge is 0.341 e. The molecule has 12 heteroatoms. The van der Waals surface area contributed by atoms with Gasteiger partial charge in [-0.2, -0.15) is 0 Å². The second kappa shape index (κ2) is 8.52. The van der Waals surface area contributed by atoms with Gasteiger partial charge in [0, 0.05) is 4.88 Å².